The number of rotatable bonds is 2. The SMILES string of the molecule is Cc1nc2cc(Br)ccn2c1C(=O)CN. The van der Waals surface area contributed by atoms with Gasteiger partial charge in [0.2, 0.25) is 0 Å². The van der Waals surface area contributed by atoms with Crippen LogP contribution in [-0.4, -0.2) is 21.7 Å². The molecule has 2 heterocycles. The fraction of sp³-hybridized carbons (Fsp3) is 0.200. The van der Waals surface area contributed by atoms with Gasteiger partial charge in [0.15, 0.2) is 5.78 Å². The van der Waals surface area contributed by atoms with E-state index in [-0.39, 0.29) is 12.3 Å². The molecule has 2 aromatic rings. The van der Waals surface area contributed by atoms with Gasteiger partial charge in [-0.15, -0.1) is 0 Å². The second kappa shape index (κ2) is 3.75. The van der Waals surface area contributed by atoms with Crippen LogP contribution in [0.15, 0.2) is 22.8 Å². The van der Waals surface area contributed by atoms with Crippen LogP contribution in [0.4, 0.5) is 0 Å². The highest BCUT2D eigenvalue weighted by atomic mass is 79.9. The molecule has 4 nitrogen and oxygen atoms in total. The highest BCUT2D eigenvalue weighted by Crippen LogP contribution is 2.17. The van der Waals surface area contributed by atoms with Gasteiger partial charge in [-0.25, -0.2) is 4.98 Å². The molecular formula is C10H10BrN3O. The fourth-order valence-corrected chi connectivity index (χ4v) is 1.89. The first kappa shape index (κ1) is 10.3. The average Bonchev–Trinajstić information content (AvgIpc) is 2.52. The summed E-state index contributed by atoms with van der Waals surface area (Å²) in [5.74, 6) is -0.0951. The van der Waals surface area contributed by atoms with Crippen molar-refractivity contribution in [2.75, 3.05) is 6.54 Å². The van der Waals surface area contributed by atoms with Crippen LogP contribution in [0, 0.1) is 6.92 Å². The molecule has 0 aliphatic heterocycles. The summed E-state index contributed by atoms with van der Waals surface area (Å²) in [6, 6.07) is 3.72. The van der Waals surface area contributed by atoms with Gasteiger partial charge in [-0.1, -0.05) is 15.9 Å². The number of pyridine rings is 1. The summed E-state index contributed by atoms with van der Waals surface area (Å²) in [6.45, 7) is 1.81. The van der Waals surface area contributed by atoms with Crippen molar-refractivity contribution in [3.05, 3.63) is 34.2 Å². The second-order valence-corrected chi connectivity index (χ2v) is 4.16. The van der Waals surface area contributed by atoms with E-state index >= 15 is 0 Å². The van der Waals surface area contributed by atoms with Crippen molar-refractivity contribution in [1.29, 1.82) is 0 Å². The third-order valence-corrected chi connectivity index (χ3v) is 2.71. The summed E-state index contributed by atoms with van der Waals surface area (Å²) in [5, 5.41) is 0. The van der Waals surface area contributed by atoms with Crippen molar-refractivity contribution < 1.29 is 4.79 Å². The first-order valence-electron chi connectivity index (χ1n) is 4.51. The van der Waals surface area contributed by atoms with E-state index in [1.54, 1.807) is 4.40 Å². The van der Waals surface area contributed by atoms with Crippen LogP contribution in [0.5, 0.6) is 0 Å². The van der Waals surface area contributed by atoms with Gasteiger partial charge in [0.1, 0.15) is 11.3 Å². The summed E-state index contributed by atoms with van der Waals surface area (Å²) in [4.78, 5) is 15.9. The van der Waals surface area contributed by atoms with Gasteiger partial charge >= 0.3 is 0 Å². The number of aryl methyl sites for hydroxylation is 1. The van der Waals surface area contributed by atoms with Crippen LogP contribution < -0.4 is 5.73 Å². The molecule has 0 aliphatic rings. The predicted molar refractivity (Wildman–Crippen MR) is 61.0 cm³/mol. The summed E-state index contributed by atoms with van der Waals surface area (Å²) in [7, 11) is 0. The van der Waals surface area contributed by atoms with E-state index in [2.05, 4.69) is 20.9 Å². The highest BCUT2D eigenvalue weighted by Gasteiger charge is 2.14. The lowest BCUT2D eigenvalue weighted by molar-refractivity contribution is 0.0995. The number of hydrogen-bond donors (Lipinski definition) is 1. The van der Waals surface area contributed by atoms with Crippen LogP contribution in [0.2, 0.25) is 0 Å². The number of halogens is 1. The van der Waals surface area contributed by atoms with Crippen LogP contribution in [0.3, 0.4) is 0 Å². The first-order valence-corrected chi connectivity index (χ1v) is 5.30. The topological polar surface area (TPSA) is 60.4 Å². The van der Waals surface area contributed by atoms with Crippen molar-refractivity contribution in [1.82, 2.24) is 9.38 Å². The Bertz CT molecular complexity index is 533. The number of ketones is 1. The van der Waals surface area contributed by atoms with Gasteiger partial charge < -0.3 is 5.73 Å². The number of aromatic nitrogens is 2. The molecule has 0 bridgehead atoms. The summed E-state index contributed by atoms with van der Waals surface area (Å²) in [6.07, 6.45) is 1.81. The Kier molecular flexibility index (Phi) is 2.58. The minimum Gasteiger partial charge on any atom is -0.324 e. The van der Waals surface area contributed by atoms with Gasteiger partial charge in [0.25, 0.3) is 0 Å². The minimum absolute atomic E-state index is 0.00466. The molecule has 0 unspecified atom stereocenters. The normalized spacial score (nSPS) is 10.9. The lowest BCUT2D eigenvalue weighted by atomic mass is 10.2. The van der Waals surface area contributed by atoms with E-state index in [9.17, 15) is 4.79 Å². The third-order valence-electron chi connectivity index (χ3n) is 2.21. The second-order valence-electron chi connectivity index (χ2n) is 3.25. The van der Waals surface area contributed by atoms with E-state index in [0.717, 1.165) is 10.1 Å². The maximum Gasteiger partial charge on any atom is 0.194 e. The third kappa shape index (κ3) is 1.68. The van der Waals surface area contributed by atoms with Gasteiger partial charge in [-0.3, -0.25) is 9.20 Å². The molecule has 78 valence electrons. The number of carbonyl (C=O) groups is 1. The molecule has 0 aliphatic carbocycles. The minimum atomic E-state index is -0.0951. The molecule has 2 rings (SSSR count). The zero-order valence-electron chi connectivity index (χ0n) is 8.20. The molecule has 15 heavy (non-hydrogen) atoms. The predicted octanol–water partition coefficient (Wildman–Crippen LogP) is 1.55. The maximum absolute atomic E-state index is 11.6. The molecular weight excluding hydrogens is 258 g/mol. The van der Waals surface area contributed by atoms with Crippen LogP contribution in [0.25, 0.3) is 5.65 Å². The zero-order chi connectivity index (χ0) is 11.0. The Morgan fingerprint density at radius 1 is 1.67 bits per heavy atom. The molecule has 0 amide bonds. The molecule has 0 aromatic carbocycles. The molecule has 2 N–H and O–H groups in total. The van der Waals surface area contributed by atoms with Crippen molar-refractivity contribution >= 4 is 27.4 Å². The Labute approximate surface area is 95.2 Å². The van der Waals surface area contributed by atoms with E-state index in [1.165, 1.54) is 0 Å². The smallest absolute Gasteiger partial charge is 0.194 e. The molecule has 2 aromatic heterocycles. The summed E-state index contributed by atoms with van der Waals surface area (Å²) < 4.78 is 2.70. The van der Waals surface area contributed by atoms with Crippen LogP contribution in [0.1, 0.15) is 16.2 Å². The van der Waals surface area contributed by atoms with Gasteiger partial charge in [0, 0.05) is 10.7 Å². The van der Waals surface area contributed by atoms with E-state index < -0.39 is 0 Å². The average molecular weight is 268 g/mol. The van der Waals surface area contributed by atoms with E-state index in [4.69, 9.17) is 5.73 Å². The van der Waals surface area contributed by atoms with E-state index in [1.807, 2.05) is 25.3 Å². The van der Waals surface area contributed by atoms with Gasteiger partial charge in [-0.2, -0.15) is 0 Å². The van der Waals surface area contributed by atoms with Crippen molar-refractivity contribution in [2.45, 2.75) is 6.92 Å². The fourth-order valence-electron chi connectivity index (χ4n) is 1.57. The lowest BCUT2D eigenvalue weighted by Gasteiger charge is -1.99. The zero-order valence-corrected chi connectivity index (χ0v) is 9.78. The highest BCUT2D eigenvalue weighted by molar-refractivity contribution is 9.10. The molecule has 0 radical (unpaired) electrons. The Morgan fingerprint density at radius 2 is 2.40 bits per heavy atom. The van der Waals surface area contributed by atoms with Gasteiger partial charge in [-0.05, 0) is 19.1 Å². The van der Waals surface area contributed by atoms with Crippen molar-refractivity contribution in [3.63, 3.8) is 0 Å². The number of fused-ring (bicyclic) bond motifs is 1. The summed E-state index contributed by atoms with van der Waals surface area (Å²) in [5.41, 5.74) is 7.38. The quantitative estimate of drug-likeness (QED) is 0.840. The van der Waals surface area contributed by atoms with Gasteiger partial charge in [0.05, 0.1) is 12.2 Å². The number of carbonyl (C=O) groups excluding carboxylic acids is 1. The van der Waals surface area contributed by atoms with Crippen LogP contribution >= 0.6 is 15.9 Å². The van der Waals surface area contributed by atoms with Crippen LogP contribution in [-0.2, 0) is 0 Å². The molecule has 5 heteroatoms. The van der Waals surface area contributed by atoms with Crippen molar-refractivity contribution in [2.24, 2.45) is 5.73 Å². The Hall–Kier alpha value is -1.20. The lowest BCUT2D eigenvalue weighted by Crippen LogP contribution is -2.16. The monoisotopic (exact) mass is 267 g/mol. The van der Waals surface area contributed by atoms with Crippen molar-refractivity contribution in [3.8, 4) is 0 Å². The summed E-state index contributed by atoms with van der Waals surface area (Å²) >= 11 is 3.36. The molecule has 0 fully saturated rings. The number of imidazole rings is 1. The Morgan fingerprint density at radius 3 is 3.07 bits per heavy atom. The number of Topliss-reactive ketones (excluding diaryl/α,β-unsaturated/α-hetero) is 1. The standard InChI is InChI=1S/C10H10BrN3O/c1-6-10(8(15)5-12)14-3-2-7(11)4-9(14)13-6/h2-4H,5,12H2,1H3. The maximum atomic E-state index is 11.6. The largest absolute Gasteiger partial charge is 0.324 e. The molecule has 0 atom stereocenters. The van der Waals surface area contributed by atoms with E-state index in [0.29, 0.717) is 11.4 Å². The molecule has 0 spiro atoms. The number of nitrogens with zero attached hydrogens (tertiary/aromatic N) is 2. The molecule has 0 saturated carbocycles. The number of hydrogen-bond acceptors (Lipinski definition) is 3. The first-order chi connectivity index (χ1) is 7.13. The Balaban J connectivity index is 2.73. The number of nitrogens with two attached hydrogens (primary N) is 1. The molecule has 0 saturated heterocycles.